The van der Waals surface area contributed by atoms with E-state index in [-0.39, 0.29) is 29.8 Å². The first-order valence-corrected chi connectivity index (χ1v) is 13.4. The number of fused-ring (bicyclic) bond motifs is 4. The lowest BCUT2D eigenvalue weighted by atomic mass is 9.76. The molecule has 172 valence electrons. The minimum Gasteiger partial charge on any atom is -0.326 e. The van der Waals surface area contributed by atoms with E-state index in [4.69, 9.17) is 0 Å². The molecule has 32 heavy (non-hydrogen) atoms. The zero-order chi connectivity index (χ0) is 22.6. The van der Waals surface area contributed by atoms with Gasteiger partial charge < -0.3 is 10.6 Å². The molecule has 7 heteroatoms. The summed E-state index contributed by atoms with van der Waals surface area (Å²) in [6.07, 6.45) is 9.12. The zero-order valence-corrected chi connectivity index (χ0v) is 20.1. The number of nitrogens with two attached hydrogens (primary N) is 1. The molecule has 3 N–H and O–H groups in total. The highest BCUT2D eigenvalue weighted by Crippen LogP contribution is 2.51. The maximum absolute atomic E-state index is 14.0. The number of quaternary nitrogens is 1. The monoisotopic (exact) mass is 456 g/mol. The molecule has 1 aliphatic carbocycles. The van der Waals surface area contributed by atoms with E-state index in [0.29, 0.717) is 0 Å². The van der Waals surface area contributed by atoms with Crippen LogP contribution in [0.15, 0.2) is 12.1 Å². The third-order valence-corrected chi connectivity index (χ3v) is 9.10. The van der Waals surface area contributed by atoms with Crippen LogP contribution in [0.4, 0.5) is 5.69 Å². The standard InChI is InChI=1S/C25H33N3O3S/c1-14-10-11-17-21(15(14)2)26-24(31)25(17)20-19(18(27-25)12-13-32-3)22(29)28(23(20)30)16-8-6-4-5-7-9-16/h10-11,16,18-20,27H,4-9,12-13H2,1-3H3,(H,26,31)/p+1/t18-,19+,20-,25+/m0/s1. The quantitative estimate of drug-likeness (QED) is 0.539. The van der Waals surface area contributed by atoms with Crippen LogP contribution in [0.1, 0.15) is 61.6 Å². The van der Waals surface area contributed by atoms with Gasteiger partial charge in [0.15, 0.2) is 0 Å². The Bertz CT molecular complexity index is 971. The fraction of sp³-hybridized carbons (Fsp3) is 0.640. The van der Waals surface area contributed by atoms with Gasteiger partial charge in [-0.2, -0.15) is 11.8 Å². The number of aryl methyl sites for hydroxylation is 1. The molecule has 6 nitrogen and oxygen atoms in total. The Kier molecular flexibility index (Phi) is 5.61. The number of anilines is 1. The molecule has 4 atom stereocenters. The molecule has 5 rings (SSSR count). The number of likely N-dealkylation sites (tertiary alicyclic amines) is 1. The van der Waals surface area contributed by atoms with Crippen molar-refractivity contribution in [2.45, 2.75) is 76.4 Å². The Labute approximate surface area is 194 Å². The van der Waals surface area contributed by atoms with Crippen LogP contribution in [0.5, 0.6) is 0 Å². The predicted octanol–water partition coefficient (Wildman–Crippen LogP) is 2.47. The van der Waals surface area contributed by atoms with Crippen LogP contribution >= 0.6 is 11.8 Å². The number of nitrogens with zero attached hydrogens (tertiary/aromatic N) is 1. The highest BCUT2D eigenvalue weighted by molar-refractivity contribution is 7.98. The number of thioether (sulfide) groups is 1. The lowest BCUT2D eigenvalue weighted by molar-refractivity contribution is -0.733. The summed E-state index contributed by atoms with van der Waals surface area (Å²) in [4.78, 5) is 43.1. The number of hydrogen-bond donors (Lipinski definition) is 2. The molecule has 1 aromatic carbocycles. The second-order valence-corrected chi connectivity index (χ2v) is 11.0. The molecule has 0 radical (unpaired) electrons. The molecule has 3 fully saturated rings. The van der Waals surface area contributed by atoms with E-state index >= 15 is 0 Å². The van der Waals surface area contributed by atoms with E-state index in [9.17, 15) is 14.4 Å². The van der Waals surface area contributed by atoms with Gasteiger partial charge in [0.05, 0.1) is 5.69 Å². The van der Waals surface area contributed by atoms with Crippen molar-refractivity contribution in [1.29, 1.82) is 0 Å². The Morgan fingerprint density at radius 1 is 1.09 bits per heavy atom. The SMILES string of the molecule is CSCC[C@@H]1[NH2+][C@@]2(C(=O)Nc3c2ccc(C)c3C)[C@@H]2C(=O)N(C3CCCCCC3)C(=O)[C@H]12. The number of carbonyl (C=O) groups excluding carboxylic acids is 3. The number of nitrogens with one attached hydrogen (secondary N) is 1. The van der Waals surface area contributed by atoms with Gasteiger partial charge in [-0.3, -0.25) is 19.3 Å². The van der Waals surface area contributed by atoms with E-state index in [1.54, 1.807) is 16.7 Å². The molecule has 3 heterocycles. The highest BCUT2D eigenvalue weighted by atomic mass is 32.2. The second kappa shape index (κ2) is 8.17. The van der Waals surface area contributed by atoms with Crippen molar-refractivity contribution in [2.24, 2.45) is 11.8 Å². The smallest absolute Gasteiger partial charge is 0.291 e. The van der Waals surface area contributed by atoms with Gasteiger partial charge in [-0.15, -0.1) is 0 Å². The fourth-order valence-electron chi connectivity index (χ4n) is 6.70. The molecular weight excluding hydrogens is 422 g/mol. The summed E-state index contributed by atoms with van der Waals surface area (Å²) < 4.78 is 0. The number of carbonyl (C=O) groups is 3. The van der Waals surface area contributed by atoms with E-state index in [1.807, 2.05) is 26.0 Å². The summed E-state index contributed by atoms with van der Waals surface area (Å²) in [5.41, 5.74) is 2.85. The number of rotatable bonds is 4. The number of benzene rings is 1. The normalized spacial score (nSPS) is 32.4. The van der Waals surface area contributed by atoms with Crippen molar-refractivity contribution in [3.05, 3.63) is 28.8 Å². The molecule has 1 aromatic rings. The van der Waals surface area contributed by atoms with Crippen LogP contribution in [0, 0.1) is 25.7 Å². The van der Waals surface area contributed by atoms with E-state index < -0.39 is 17.4 Å². The summed E-state index contributed by atoms with van der Waals surface area (Å²) >= 11 is 1.75. The largest absolute Gasteiger partial charge is 0.326 e. The Morgan fingerprint density at radius 3 is 2.50 bits per heavy atom. The molecule has 3 amide bonds. The van der Waals surface area contributed by atoms with Crippen molar-refractivity contribution in [3.63, 3.8) is 0 Å². The van der Waals surface area contributed by atoms with Gasteiger partial charge in [0.1, 0.15) is 17.9 Å². The van der Waals surface area contributed by atoms with Crippen LogP contribution in [0.2, 0.25) is 0 Å². The van der Waals surface area contributed by atoms with Crippen molar-refractivity contribution in [3.8, 4) is 0 Å². The summed E-state index contributed by atoms with van der Waals surface area (Å²) in [6.45, 7) is 4.05. The summed E-state index contributed by atoms with van der Waals surface area (Å²) in [6, 6.07) is 3.98. The lowest BCUT2D eigenvalue weighted by Gasteiger charge is -2.30. The van der Waals surface area contributed by atoms with Crippen molar-refractivity contribution >= 4 is 35.2 Å². The van der Waals surface area contributed by atoms with Crippen LogP contribution in [-0.4, -0.2) is 46.7 Å². The molecule has 0 unspecified atom stereocenters. The lowest BCUT2D eigenvalue weighted by Crippen LogP contribution is -2.99. The minimum absolute atomic E-state index is 0.00922. The minimum atomic E-state index is -1.03. The fourth-order valence-corrected chi connectivity index (χ4v) is 7.20. The maximum Gasteiger partial charge on any atom is 0.291 e. The van der Waals surface area contributed by atoms with Gasteiger partial charge in [0.2, 0.25) is 17.4 Å². The zero-order valence-electron chi connectivity index (χ0n) is 19.3. The third-order valence-electron chi connectivity index (χ3n) is 8.45. The molecule has 1 spiro atoms. The van der Waals surface area contributed by atoms with Gasteiger partial charge in [-0.1, -0.05) is 31.7 Å². The maximum atomic E-state index is 14.0. The first-order chi connectivity index (χ1) is 15.4. The van der Waals surface area contributed by atoms with Crippen molar-refractivity contribution in [2.75, 3.05) is 17.3 Å². The average molecular weight is 457 g/mol. The van der Waals surface area contributed by atoms with Crippen molar-refractivity contribution < 1.29 is 19.7 Å². The second-order valence-electron chi connectivity index (χ2n) is 10.1. The average Bonchev–Trinajstić information content (AvgIpc) is 3.24. The molecule has 1 saturated carbocycles. The van der Waals surface area contributed by atoms with Crippen LogP contribution in [0.3, 0.4) is 0 Å². The van der Waals surface area contributed by atoms with Gasteiger partial charge in [-0.25, -0.2) is 0 Å². The van der Waals surface area contributed by atoms with Gasteiger partial charge in [0.25, 0.3) is 5.91 Å². The predicted molar refractivity (Wildman–Crippen MR) is 125 cm³/mol. The van der Waals surface area contributed by atoms with Gasteiger partial charge in [0, 0.05) is 18.0 Å². The summed E-state index contributed by atoms with van der Waals surface area (Å²) in [7, 11) is 0. The molecule has 0 aromatic heterocycles. The molecule has 2 saturated heterocycles. The molecular formula is C25H34N3O3S+. The first kappa shape index (κ1) is 22.0. The van der Waals surface area contributed by atoms with Gasteiger partial charge in [-0.05, 0) is 55.9 Å². The first-order valence-electron chi connectivity index (χ1n) is 12.1. The van der Waals surface area contributed by atoms with Crippen LogP contribution in [-0.2, 0) is 19.9 Å². The van der Waals surface area contributed by atoms with Gasteiger partial charge >= 0.3 is 0 Å². The third kappa shape index (κ3) is 3.00. The number of hydrogen-bond acceptors (Lipinski definition) is 4. The molecule has 4 aliphatic rings. The summed E-state index contributed by atoms with van der Waals surface area (Å²) in [5, 5.41) is 5.19. The molecule has 3 aliphatic heterocycles. The molecule has 0 bridgehead atoms. The van der Waals surface area contributed by atoms with E-state index in [1.165, 1.54) is 12.8 Å². The van der Waals surface area contributed by atoms with E-state index in [0.717, 1.165) is 60.2 Å². The Morgan fingerprint density at radius 2 is 1.81 bits per heavy atom. The van der Waals surface area contributed by atoms with E-state index in [2.05, 4.69) is 16.9 Å². The Balaban J connectivity index is 1.61. The number of imide groups is 1. The number of amides is 3. The summed E-state index contributed by atoms with van der Waals surface area (Å²) in [5.74, 6) is -0.407. The highest BCUT2D eigenvalue weighted by Gasteiger charge is 2.74. The Hall–Kier alpha value is -1.86. The van der Waals surface area contributed by atoms with Crippen LogP contribution in [0.25, 0.3) is 0 Å². The van der Waals surface area contributed by atoms with Crippen molar-refractivity contribution in [1.82, 2.24) is 4.90 Å². The van der Waals surface area contributed by atoms with Crippen LogP contribution < -0.4 is 10.6 Å². The topological polar surface area (TPSA) is 83.1 Å².